The number of carbonyl (C=O) groups is 1. The number of carbonyl (C=O) groups excluding carboxylic acids is 1. The highest BCUT2D eigenvalue weighted by molar-refractivity contribution is 7.89. The fourth-order valence-corrected chi connectivity index (χ4v) is 2.32. The number of sulfonamides is 1. The molecule has 1 aromatic rings. The third-order valence-electron chi connectivity index (χ3n) is 2.60. The van der Waals surface area contributed by atoms with Gasteiger partial charge in [-0.05, 0) is 18.6 Å². The third-order valence-corrected chi connectivity index (χ3v) is 3.51. The molecule has 0 aliphatic rings. The summed E-state index contributed by atoms with van der Waals surface area (Å²) >= 11 is 0. The van der Waals surface area contributed by atoms with Gasteiger partial charge in [0.2, 0.25) is 10.0 Å². The number of rotatable bonds is 6. The number of amides is 1. The number of ether oxygens (including phenoxy) is 1. The molecule has 1 rings (SSSR count). The van der Waals surface area contributed by atoms with Gasteiger partial charge in [0.15, 0.2) is 11.6 Å². The number of unbranched alkanes of at least 4 members (excludes halogenated alkanes) is 1. The van der Waals surface area contributed by atoms with Gasteiger partial charge in [0.25, 0.3) is 5.91 Å². The first-order chi connectivity index (χ1) is 9.31. The molecule has 3 N–H and O–H groups in total. The van der Waals surface area contributed by atoms with Crippen molar-refractivity contribution in [2.75, 3.05) is 13.7 Å². The fourth-order valence-electron chi connectivity index (χ4n) is 1.59. The van der Waals surface area contributed by atoms with E-state index in [2.05, 4.69) is 10.1 Å². The van der Waals surface area contributed by atoms with Crippen LogP contribution < -0.4 is 15.2 Å². The van der Waals surface area contributed by atoms with E-state index >= 15 is 0 Å². The molecule has 112 valence electrons. The van der Waals surface area contributed by atoms with Crippen molar-refractivity contribution < 1.29 is 22.3 Å². The van der Waals surface area contributed by atoms with E-state index in [9.17, 15) is 17.6 Å². The van der Waals surface area contributed by atoms with Crippen LogP contribution in [0.3, 0.4) is 0 Å². The highest BCUT2D eigenvalue weighted by atomic mass is 32.2. The second-order valence-electron chi connectivity index (χ2n) is 4.14. The minimum absolute atomic E-state index is 0.122. The summed E-state index contributed by atoms with van der Waals surface area (Å²) in [6.45, 7) is 2.38. The zero-order valence-electron chi connectivity index (χ0n) is 11.3. The number of methoxy groups -OCH3 is 1. The lowest BCUT2D eigenvalue weighted by Crippen LogP contribution is -2.25. The van der Waals surface area contributed by atoms with Crippen LogP contribution in [0.5, 0.6) is 5.75 Å². The lowest BCUT2D eigenvalue weighted by atomic mass is 10.2. The molecule has 0 aliphatic heterocycles. The van der Waals surface area contributed by atoms with E-state index in [1.807, 2.05) is 6.92 Å². The van der Waals surface area contributed by atoms with E-state index < -0.39 is 32.4 Å². The Morgan fingerprint density at radius 2 is 2.10 bits per heavy atom. The molecule has 0 bridgehead atoms. The second-order valence-corrected chi connectivity index (χ2v) is 5.67. The maximum atomic E-state index is 13.8. The Hall–Kier alpha value is -1.67. The third kappa shape index (κ3) is 3.91. The number of nitrogens with one attached hydrogen (secondary N) is 1. The number of benzene rings is 1. The van der Waals surface area contributed by atoms with Crippen LogP contribution in [-0.2, 0) is 10.0 Å². The predicted octanol–water partition coefficient (Wildman–Crippen LogP) is 1.01. The zero-order chi connectivity index (χ0) is 15.3. The van der Waals surface area contributed by atoms with Crippen molar-refractivity contribution in [3.63, 3.8) is 0 Å². The molecule has 0 atom stereocenters. The molecule has 8 heteroatoms. The van der Waals surface area contributed by atoms with Crippen molar-refractivity contribution in [1.82, 2.24) is 5.32 Å². The summed E-state index contributed by atoms with van der Waals surface area (Å²) in [5.41, 5.74) is -0.122. The van der Waals surface area contributed by atoms with Gasteiger partial charge < -0.3 is 10.1 Å². The Morgan fingerprint density at radius 1 is 1.45 bits per heavy atom. The van der Waals surface area contributed by atoms with Crippen LogP contribution in [0.15, 0.2) is 17.0 Å². The molecule has 1 amide bonds. The molecule has 6 nitrogen and oxygen atoms in total. The van der Waals surface area contributed by atoms with Gasteiger partial charge in [-0.25, -0.2) is 17.9 Å². The van der Waals surface area contributed by atoms with Crippen LogP contribution in [0.4, 0.5) is 4.39 Å². The molecule has 0 saturated carbocycles. The van der Waals surface area contributed by atoms with Gasteiger partial charge in [0.1, 0.15) is 4.90 Å². The first kappa shape index (κ1) is 16.4. The summed E-state index contributed by atoms with van der Waals surface area (Å²) < 4.78 is 41.2. The van der Waals surface area contributed by atoms with Gasteiger partial charge >= 0.3 is 0 Å². The van der Waals surface area contributed by atoms with Crippen LogP contribution in [0.2, 0.25) is 0 Å². The summed E-state index contributed by atoms with van der Waals surface area (Å²) in [6, 6.07) is 1.91. The lowest BCUT2D eigenvalue weighted by molar-refractivity contribution is 0.0952. The van der Waals surface area contributed by atoms with E-state index in [0.29, 0.717) is 6.54 Å². The second kappa shape index (κ2) is 6.67. The molecular weight excluding hydrogens is 287 g/mol. The molecule has 0 saturated heterocycles. The van der Waals surface area contributed by atoms with Crippen LogP contribution in [0.25, 0.3) is 0 Å². The largest absolute Gasteiger partial charge is 0.492 e. The molecule has 0 heterocycles. The van der Waals surface area contributed by atoms with Gasteiger partial charge in [0.05, 0.1) is 7.11 Å². The van der Waals surface area contributed by atoms with E-state index in [1.165, 1.54) is 0 Å². The van der Waals surface area contributed by atoms with Crippen molar-refractivity contribution in [2.45, 2.75) is 24.7 Å². The Balaban J connectivity index is 3.18. The smallest absolute Gasteiger partial charge is 0.251 e. The summed E-state index contributed by atoms with van der Waals surface area (Å²) in [4.78, 5) is 11.2. The van der Waals surface area contributed by atoms with E-state index in [-0.39, 0.29) is 5.56 Å². The predicted molar refractivity (Wildman–Crippen MR) is 71.6 cm³/mol. The number of halogens is 1. The van der Waals surface area contributed by atoms with Gasteiger partial charge in [-0.3, -0.25) is 4.79 Å². The standard InChI is InChI=1S/C12H17FN2O4S/c1-3-4-5-15-12(16)8-6-9(13)11(19-2)10(7-8)20(14,17)18/h6-7H,3-5H2,1-2H3,(H,15,16)(H2,14,17,18). The van der Waals surface area contributed by atoms with Crippen molar-refractivity contribution in [3.05, 3.63) is 23.5 Å². The minimum atomic E-state index is -4.19. The van der Waals surface area contributed by atoms with Gasteiger partial charge in [0, 0.05) is 12.1 Å². The molecule has 0 unspecified atom stereocenters. The van der Waals surface area contributed by atoms with E-state index in [4.69, 9.17) is 5.14 Å². The van der Waals surface area contributed by atoms with Gasteiger partial charge in [-0.1, -0.05) is 13.3 Å². The fraction of sp³-hybridized carbons (Fsp3) is 0.417. The maximum Gasteiger partial charge on any atom is 0.251 e. The average Bonchev–Trinajstić information content (AvgIpc) is 2.36. The van der Waals surface area contributed by atoms with Crippen LogP contribution in [0, 0.1) is 5.82 Å². The van der Waals surface area contributed by atoms with Gasteiger partial charge in [-0.2, -0.15) is 0 Å². The number of hydrogen-bond donors (Lipinski definition) is 2. The quantitative estimate of drug-likeness (QED) is 0.766. The number of nitrogens with two attached hydrogens (primary N) is 1. The summed E-state index contributed by atoms with van der Waals surface area (Å²) in [5.74, 6) is -2.03. The SMILES string of the molecule is CCCCNC(=O)c1cc(F)c(OC)c(S(N)(=O)=O)c1. The Labute approximate surface area is 117 Å². The minimum Gasteiger partial charge on any atom is -0.492 e. The lowest BCUT2D eigenvalue weighted by Gasteiger charge is -2.10. The van der Waals surface area contributed by atoms with Crippen LogP contribution >= 0.6 is 0 Å². The summed E-state index contributed by atoms with van der Waals surface area (Å²) in [5, 5.41) is 7.55. The van der Waals surface area contributed by atoms with Crippen molar-refractivity contribution in [2.24, 2.45) is 5.14 Å². The van der Waals surface area contributed by atoms with E-state index in [0.717, 1.165) is 32.1 Å². The van der Waals surface area contributed by atoms with Crippen molar-refractivity contribution in [3.8, 4) is 5.75 Å². The Morgan fingerprint density at radius 3 is 2.60 bits per heavy atom. The Bertz CT molecular complexity index is 602. The highest BCUT2D eigenvalue weighted by Crippen LogP contribution is 2.27. The maximum absolute atomic E-state index is 13.8. The normalized spacial score (nSPS) is 11.2. The monoisotopic (exact) mass is 304 g/mol. The highest BCUT2D eigenvalue weighted by Gasteiger charge is 2.22. The summed E-state index contributed by atoms with van der Waals surface area (Å²) in [7, 11) is -3.08. The average molecular weight is 304 g/mol. The molecule has 0 radical (unpaired) electrons. The Kier molecular flexibility index (Phi) is 5.46. The summed E-state index contributed by atoms with van der Waals surface area (Å²) in [6.07, 6.45) is 1.66. The molecule has 0 aromatic heterocycles. The van der Waals surface area contributed by atoms with Crippen molar-refractivity contribution in [1.29, 1.82) is 0 Å². The molecule has 0 aliphatic carbocycles. The van der Waals surface area contributed by atoms with Crippen LogP contribution in [0.1, 0.15) is 30.1 Å². The van der Waals surface area contributed by atoms with Crippen LogP contribution in [-0.4, -0.2) is 28.0 Å². The molecule has 0 spiro atoms. The first-order valence-corrected chi connectivity index (χ1v) is 7.54. The van der Waals surface area contributed by atoms with E-state index in [1.54, 1.807) is 0 Å². The van der Waals surface area contributed by atoms with Gasteiger partial charge in [-0.15, -0.1) is 0 Å². The van der Waals surface area contributed by atoms with Crippen molar-refractivity contribution >= 4 is 15.9 Å². The molecule has 1 aromatic carbocycles. The molecule has 20 heavy (non-hydrogen) atoms. The first-order valence-electron chi connectivity index (χ1n) is 5.99. The molecule has 0 fully saturated rings. The molecular formula is C12H17FN2O4S. The zero-order valence-corrected chi connectivity index (χ0v) is 12.1. The number of primary sulfonamides is 1. The topological polar surface area (TPSA) is 98.5 Å². The number of hydrogen-bond acceptors (Lipinski definition) is 4.